The highest BCUT2D eigenvalue weighted by molar-refractivity contribution is 7.15. The number of aromatic nitrogens is 1. The van der Waals surface area contributed by atoms with Gasteiger partial charge in [-0.1, -0.05) is 0 Å². The first kappa shape index (κ1) is 19.0. The van der Waals surface area contributed by atoms with Crippen LogP contribution in [0.15, 0.2) is 22.8 Å². The number of hydrogen-bond donors (Lipinski definition) is 2. The van der Waals surface area contributed by atoms with Crippen molar-refractivity contribution in [1.82, 2.24) is 15.6 Å². The second-order valence-corrected chi connectivity index (χ2v) is 6.12. The average Bonchev–Trinajstić information content (AvgIpc) is 3.08. The molecule has 1 fully saturated rings. The number of halogens is 2. The van der Waals surface area contributed by atoms with E-state index >= 15 is 0 Å². The van der Waals surface area contributed by atoms with E-state index in [1.54, 1.807) is 6.26 Å². The Kier molecular flexibility index (Phi) is 7.35. The third-order valence-corrected chi connectivity index (χ3v) is 4.36. The van der Waals surface area contributed by atoms with Crippen LogP contribution in [0.3, 0.4) is 0 Å². The summed E-state index contributed by atoms with van der Waals surface area (Å²) in [5.41, 5.74) is 0.506. The molecule has 8 heteroatoms. The van der Waals surface area contributed by atoms with Crippen LogP contribution in [0, 0.1) is 6.92 Å². The van der Waals surface area contributed by atoms with E-state index in [2.05, 4.69) is 15.6 Å². The van der Waals surface area contributed by atoms with Crippen molar-refractivity contribution in [2.24, 2.45) is 0 Å². The van der Waals surface area contributed by atoms with Gasteiger partial charge < -0.3 is 15.1 Å². The van der Waals surface area contributed by atoms with Crippen molar-refractivity contribution in [1.29, 1.82) is 0 Å². The fraction of sp³-hybridized carbons (Fsp3) is 0.429. The fourth-order valence-electron chi connectivity index (χ4n) is 2.34. The van der Waals surface area contributed by atoms with Crippen molar-refractivity contribution in [2.75, 3.05) is 13.1 Å². The zero-order valence-corrected chi connectivity index (χ0v) is 14.6. The van der Waals surface area contributed by atoms with Crippen LogP contribution in [0.25, 0.3) is 10.8 Å². The smallest absolute Gasteiger partial charge is 0.271 e. The Bertz CT molecular complexity index is 595. The topological polar surface area (TPSA) is 67.2 Å². The summed E-state index contributed by atoms with van der Waals surface area (Å²) in [7, 11) is 0. The summed E-state index contributed by atoms with van der Waals surface area (Å²) in [5, 5.41) is 7.08. The van der Waals surface area contributed by atoms with Crippen molar-refractivity contribution < 1.29 is 9.21 Å². The Labute approximate surface area is 145 Å². The predicted molar refractivity (Wildman–Crippen MR) is 92.4 cm³/mol. The molecule has 1 atom stereocenters. The van der Waals surface area contributed by atoms with Gasteiger partial charge in [-0.15, -0.1) is 36.2 Å². The number of amides is 1. The van der Waals surface area contributed by atoms with E-state index in [1.807, 2.05) is 19.1 Å². The Hall–Kier alpha value is -1.08. The molecule has 0 aliphatic carbocycles. The second-order valence-electron chi connectivity index (χ2n) is 4.92. The number of piperidine rings is 1. The number of carbonyl (C=O) groups excluding carboxylic acids is 1. The summed E-state index contributed by atoms with van der Waals surface area (Å²) in [6, 6.07) is 3.87. The Balaban J connectivity index is 0.00000121. The molecular formula is C14H19Cl2N3O2S. The zero-order valence-electron chi connectivity index (χ0n) is 12.1. The molecule has 0 radical (unpaired) electrons. The first-order chi connectivity index (χ1) is 9.74. The normalized spacial score (nSPS) is 17.2. The third-order valence-electron chi connectivity index (χ3n) is 3.38. The standard InChI is InChI=1S/C14H17N3O2S.2ClH/c1-9-12(13(18)16-10-4-2-6-15-8-10)17-14(20-9)11-5-3-7-19-11;;/h3,5,7,10,15H,2,4,6,8H2,1H3,(H,16,18);2*1H. The van der Waals surface area contributed by atoms with E-state index in [0.29, 0.717) is 11.5 Å². The molecule has 3 rings (SSSR count). The Morgan fingerprint density at radius 2 is 2.32 bits per heavy atom. The summed E-state index contributed by atoms with van der Waals surface area (Å²) >= 11 is 1.48. The minimum atomic E-state index is -0.0924. The highest BCUT2D eigenvalue weighted by Crippen LogP contribution is 2.27. The van der Waals surface area contributed by atoms with Crippen LogP contribution in [0.1, 0.15) is 28.2 Å². The lowest BCUT2D eigenvalue weighted by Crippen LogP contribution is -2.45. The van der Waals surface area contributed by atoms with E-state index in [4.69, 9.17) is 4.42 Å². The number of rotatable bonds is 3. The van der Waals surface area contributed by atoms with Gasteiger partial charge in [-0.05, 0) is 38.4 Å². The van der Waals surface area contributed by atoms with Crippen molar-refractivity contribution >= 4 is 42.1 Å². The monoisotopic (exact) mass is 363 g/mol. The highest BCUT2D eigenvalue weighted by Gasteiger charge is 2.21. The van der Waals surface area contributed by atoms with E-state index in [9.17, 15) is 4.79 Å². The lowest BCUT2D eigenvalue weighted by molar-refractivity contribution is 0.0926. The molecule has 1 saturated heterocycles. The molecule has 0 spiro atoms. The van der Waals surface area contributed by atoms with Crippen LogP contribution >= 0.6 is 36.2 Å². The quantitative estimate of drug-likeness (QED) is 0.879. The van der Waals surface area contributed by atoms with Crippen LogP contribution in [-0.2, 0) is 0 Å². The largest absolute Gasteiger partial charge is 0.462 e. The molecule has 2 aromatic heterocycles. The number of aryl methyl sites for hydroxylation is 1. The number of furan rings is 1. The van der Waals surface area contributed by atoms with Gasteiger partial charge in [-0.3, -0.25) is 4.79 Å². The van der Waals surface area contributed by atoms with E-state index in [0.717, 1.165) is 35.8 Å². The summed E-state index contributed by atoms with van der Waals surface area (Å²) in [4.78, 5) is 17.6. The van der Waals surface area contributed by atoms with Gasteiger partial charge in [0.2, 0.25) is 0 Å². The first-order valence-electron chi connectivity index (χ1n) is 6.77. The van der Waals surface area contributed by atoms with Gasteiger partial charge >= 0.3 is 0 Å². The molecule has 122 valence electrons. The third kappa shape index (κ3) is 4.23. The van der Waals surface area contributed by atoms with Crippen molar-refractivity contribution in [3.8, 4) is 10.8 Å². The Morgan fingerprint density at radius 3 is 2.95 bits per heavy atom. The molecule has 0 aromatic carbocycles. The maximum atomic E-state index is 12.3. The lowest BCUT2D eigenvalue weighted by atomic mass is 10.1. The SMILES string of the molecule is Cc1sc(-c2ccco2)nc1C(=O)NC1CCCNC1.Cl.Cl. The van der Waals surface area contributed by atoms with Crippen LogP contribution in [0.4, 0.5) is 0 Å². The molecular weight excluding hydrogens is 345 g/mol. The summed E-state index contributed by atoms with van der Waals surface area (Å²) in [5.74, 6) is 0.613. The summed E-state index contributed by atoms with van der Waals surface area (Å²) < 4.78 is 5.32. The Morgan fingerprint density at radius 1 is 1.50 bits per heavy atom. The molecule has 3 heterocycles. The summed E-state index contributed by atoms with van der Waals surface area (Å²) in [6.45, 7) is 3.78. The van der Waals surface area contributed by atoms with Crippen LogP contribution in [0.5, 0.6) is 0 Å². The van der Waals surface area contributed by atoms with Gasteiger partial charge in [0.05, 0.1) is 6.26 Å². The van der Waals surface area contributed by atoms with Gasteiger partial charge in [0.25, 0.3) is 5.91 Å². The fourth-order valence-corrected chi connectivity index (χ4v) is 3.22. The molecule has 1 amide bonds. The molecule has 0 saturated carbocycles. The number of nitrogens with one attached hydrogen (secondary N) is 2. The van der Waals surface area contributed by atoms with Gasteiger partial charge in [-0.25, -0.2) is 4.98 Å². The van der Waals surface area contributed by atoms with Crippen molar-refractivity contribution in [3.63, 3.8) is 0 Å². The number of thiazole rings is 1. The molecule has 2 N–H and O–H groups in total. The van der Waals surface area contributed by atoms with E-state index < -0.39 is 0 Å². The molecule has 2 aromatic rings. The van der Waals surface area contributed by atoms with Gasteiger partial charge in [0.1, 0.15) is 5.69 Å². The molecule has 1 aliphatic rings. The molecule has 1 aliphatic heterocycles. The molecule has 1 unspecified atom stereocenters. The van der Waals surface area contributed by atoms with Gasteiger partial charge in [-0.2, -0.15) is 0 Å². The van der Waals surface area contributed by atoms with Crippen LogP contribution in [0.2, 0.25) is 0 Å². The van der Waals surface area contributed by atoms with Crippen LogP contribution in [-0.4, -0.2) is 30.0 Å². The zero-order chi connectivity index (χ0) is 13.9. The highest BCUT2D eigenvalue weighted by atomic mass is 35.5. The number of nitrogens with zero attached hydrogens (tertiary/aromatic N) is 1. The average molecular weight is 364 g/mol. The minimum Gasteiger partial charge on any atom is -0.462 e. The van der Waals surface area contributed by atoms with Gasteiger partial charge in [0.15, 0.2) is 10.8 Å². The maximum Gasteiger partial charge on any atom is 0.271 e. The van der Waals surface area contributed by atoms with Gasteiger partial charge in [0, 0.05) is 17.5 Å². The van der Waals surface area contributed by atoms with E-state index in [1.165, 1.54) is 11.3 Å². The molecule has 5 nitrogen and oxygen atoms in total. The second kappa shape index (κ2) is 8.53. The lowest BCUT2D eigenvalue weighted by Gasteiger charge is -2.23. The van der Waals surface area contributed by atoms with Crippen LogP contribution < -0.4 is 10.6 Å². The van der Waals surface area contributed by atoms with Crippen molar-refractivity contribution in [2.45, 2.75) is 25.8 Å². The number of hydrogen-bond acceptors (Lipinski definition) is 5. The molecule has 0 bridgehead atoms. The first-order valence-corrected chi connectivity index (χ1v) is 7.58. The maximum absolute atomic E-state index is 12.3. The van der Waals surface area contributed by atoms with E-state index in [-0.39, 0.29) is 36.8 Å². The minimum absolute atomic E-state index is 0. The predicted octanol–water partition coefficient (Wildman–Crippen LogP) is 3.04. The molecule has 22 heavy (non-hydrogen) atoms. The van der Waals surface area contributed by atoms with Crippen molar-refractivity contribution in [3.05, 3.63) is 29.0 Å². The number of carbonyl (C=O) groups is 1. The summed E-state index contributed by atoms with van der Waals surface area (Å²) in [6.07, 6.45) is 3.73.